The fourth-order valence-electron chi connectivity index (χ4n) is 3.53. The maximum absolute atomic E-state index is 12.7. The highest BCUT2D eigenvalue weighted by molar-refractivity contribution is 6.05. The molecule has 2 aliphatic heterocycles. The molecule has 1 unspecified atom stereocenters. The number of nitrogens with zero attached hydrogens (tertiary/aromatic N) is 4. The van der Waals surface area contributed by atoms with Gasteiger partial charge >= 0.3 is 0 Å². The molecule has 0 aliphatic carbocycles. The Morgan fingerprint density at radius 3 is 2.52 bits per heavy atom. The number of nitrogens with one attached hydrogen (secondary N) is 1. The van der Waals surface area contributed by atoms with Crippen LogP contribution in [0.3, 0.4) is 0 Å². The normalized spacial score (nSPS) is 18.7. The first-order valence-electron chi connectivity index (χ1n) is 8.50. The molecule has 4 rings (SSSR count). The number of amides is 3. The molecule has 1 atom stereocenters. The van der Waals surface area contributed by atoms with Crippen LogP contribution in [0, 0.1) is 0 Å². The first-order chi connectivity index (χ1) is 13.1. The lowest BCUT2D eigenvalue weighted by atomic mass is 10.0. The van der Waals surface area contributed by atoms with Gasteiger partial charge in [-0.2, -0.15) is 0 Å². The smallest absolute Gasteiger partial charge is 0.255 e. The van der Waals surface area contributed by atoms with Gasteiger partial charge < -0.3 is 4.90 Å². The second-order valence-corrected chi connectivity index (χ2v) is 6.51. The third-order valence-corrected chi connectivity index (χ3v) is 4.88. The van der Waals surface area contributed by atoms with E-state index in [0.29, 0.717) is 24.2 Å². The number of benzene rings is 2. The van der Waals surface area contributed by atoms with Gasteiger partial charge in [-0.15, -0.1) is 0 Å². The minimum absolute atomic E-state index is 0.190. The summed E-state index contributed by atoms with van der Waals surface area (Å²) in [6.45, 7) is 0.338. The van der Waals surface area contributed by atoms with E-state index in [9.17, 15) is 14.4 Å². The van der Waals surface area contributed by atoms with Crippen molar-refractivity contribution in [3.05, 3.63) is 64.0 Å². The largest absolute Gasteiger partial charge is 0.322 e. The van der Waals surface area contributed by atoms with Gasteiger partial charge in [-0.3, -0.25) is 19.7 Å². The minimum atomic E-state index is -0.617. The van der Waals surface area contributed by atoms with Crippen molar-refractivity contribution in [2.45, 2.75) is 25.4 Å². The Kier molecular flexibility index (Phi) is 4.10. The number of imide groups is 1. The number of fused-ring (bicyclic) bond motifs is 1. The van der Waals surface area contributed by atoms with Crippen LogP contribution < -0.4 is 5.32 Å². The fourth-order valence-corrected chi connectivity index (χ4v) is 3.53. The van der Waals surface area contributed by atoms with E-state index in [1.165, 1.54) is 4.90 Å². The predicted octanol–water partition coefficient (Wildman–Crippen LogP) is 3.06. The third kappa shape index (κ3) is 3.02. The number of rotatable bonds is 3. The van der Waals surface area contributed by atoms with Crippen LogP contribution in [0.5, 0.6) is 0 Å². The molecule has 0 aromatic heterocycles. The number of azide groups is 1. The summed E-state index contributed by atoms with van der Waals surface area (Å²) >= 11 is 0. The molecule has 2 heterocycles. The third-order valence-electron chi connectivity index (χ3n) is 4.88. The van der Waals surface area contributed by atoms with Gasteiger partial charge in [0, 0.05) is 29.1 Å². The Morgan fingerprint density at radius 1 is 1.07 bits per heavy atom. The van der Waals surface area contributed by atoms with Crippen molar-refractivity contribution in [2.24, 2.45) is 5.11 Å². The molecule has 1 fully saturated rings. The summed E-state index contributed by atoms with van der Waals surface area (Å²) in [4.78, 5) is 40.4. The average Bonchev–Trinajstić information content (AvgIpc) is 2.98. The molecule has 2 aromatic rings. The minimum Gasteiger partial charge on any atom is -0.322 e. The summed E-state index contributed by atoms with van der Waals surface area (Å²) < 4.78 is 0. The molecule has 27 heavy (non-hydrogen) atoms. The second-order valence-electron chi connectivity index (χ2n) is 6.51. The molecule has 8 heteroatoms. The zero-order valence-corrected chi connectivity index (χ0v) is 14.3. The number of piperidine rings is 1. The van der Waals surface area contributed by atoms with Crippen LogP contribution in [0.2, 0.25) is 0 Å². The zero-order valence-electron chi connectivity index (χ0n) is 14.3. The van der Waals surface area contributed by atoms with E-state index < -0.39 is 11.9 Å². The maximum atomic E-state index is 12.7. The molecule has 2 aliphatic rings. The summed E-state index contributed by atoms with van der Waals surface area (Å²) in [5.74, 6) is -0.905. The highest BCUT2D eigenvalue weighted by atomic mass is 16.2. The summed E-state index contributed by atoms with van der Waals surface area (Å²) in [5, 5.41) is 5.85. The van der Waals surface area contributed by atoms with Gasteiger partial charge in [0.25, 0.3) is 5.91 Å². The molecular weight excluding hydrogens is 346 g/mol. The topological polar surface area (TPSA) is 115 Å². The molecule has 2 aromatic carbocycles. The lowest BCUT2D eigenvalue weighted by Gasteiger charge is -2.29. The molecule has 0 saturated carbocycles. The van der Waals surface area contributed by atoms with E-state index >= 15 is 0 Å². The van der Waals surface area contributed by atoms with Crippen LogP contribution in [0.1, 0.15) is 28.8 Å². The Balaban J connectivity index is 1.60. The molecule has 3 amide bonds. The quantitative estimate of drug-likeness (QED) is 0.392. The number of hydrogen-bond donors (Lipinski definition) is 1. The maximum Gasteiger partial charge on any atom is 0.255 e. The first-order valence-corrected chi connectivity index (χ1v) is 8.50. The Labute approximate surface area is 154 Å². The van der Waals surface area contributed by atoms with Gasteiger partial charge in [0.1, 0.15) is 6.04 Å². The monoisotopic (exact) mass is 361 g/mol. The van der Waals surface area contributed by atoms with Gasteiger partial charge in [0.05, 0.1) is 0 Å². The van der Waals surface area contributed by atoms with Gasteiger partial charge in [-0.1, -0.05) is 35.4 Å². The summed E-state index contributed by atoms with van der Waals surface area (Å²) in [6.07, 6.45) is 0.581. The molecule has 134 valence electrons. The molecule has 8 nitrogen and oxygen atoms in total. The van der Waals surface area contributed by atoms with Crippen LogP contribution in [0.25, 0.3) is 21.6 Å². The van der Waals surface area contributed by atoms with Crippen molar-refractivity contribution in [2.75, 3.05) is 0 Å². The molecule has 0 bridgehead atoms. The van der Waals surface area contributed by atoms with E-state index in [1.807, 2.05) is 24.3 Å². The predicted molar refractivity (Wildman–Crippen MR) is 96.7 cm³/mol. The number of carbonyl (C=O) groups excluding carboxylic acids is 3. The Hall–Kier alpha value is -3.64. The molecule has 0 spiro atoms. The summed E-state index contributed by atoms with van der Waals surface area (Å²) in [7, 11) is 0. The second kappa shape index (κ2) is 6.59. The van der Waals surface area contributed by atoms with Crippen LogP contribution in [0.4, 0.5) is 5.69 Å². The van der Waals surface area contributed by atoms with Crippen molar-refractivity contribution < 1.29 is 14.4 Å². The molecule has 0 radical (unpaired) electrons. The molecule has 1 saturated heterocycles. The van der Waals surface area contributed by atoms with Gasteiger partial charge in [0.15, 0.2) is 0 Å². The van der Waals surface area contributed by atoms with Gasteiger partial charge in [-0.25, -0.2) is 0 Å². The highest BCUT2D eigenvalue weighted by Gasteiger charge is 2.39. The van der Waals surface area contributed by atoms with Crippen LogP contribution >= 0.6 is 0 Å². The van der Waals surface area contributed by atoms with Gasteiger partial charge in [-0.05, 0) is 40.8 Å². The van der Waals surface area contributed by atoms with Crippen molar-refractivity contribution in [1.82, 2.24) is 10.2 Å². The molecule has 1 N–H and O–H groups in total. The van der Waals surface area contributed by atoms with Crippen LogP contribution in [0.15, 0.2) is 47.6 Å². The van der Waals surface area contributed by atoms with E-state index in [2.05, 4.69) is 15.3 Å². The van der Waals surface area contributed by atoms with Crippen molar-refractivity contribution in [3.8, 4) is 11.1 Å². The van der Waals surface area contributed by atoms with E-state index in [4.69, 9.17) is 5.53 Å². The zero-order chi connectivity index (χ0) is 19.0. The summed E-state index contributed by atoms with van der Waals surface area (Å²) in [6, 6.07) is 12.1. The van der Waals surface area contributed by atoms with Crippen molar-refractivity contribution in [3.63, 3.8) is 0 Å². The summed E-state index contributed by atoms with van der Waals surface area (Å²) in [5.41, 5.74) is 12.3. The van der Waals surface area contributed by atoms with E-state index in [1.54, 1.807) is 18.2 Å². The average molecular weight is 361 g/mol. The van der Waals surface area contributed by atoms with E-state index in [-0.39, 0.29) is 18.2 Å². The van der Waals surface area contributed by atoms with Crippen molar-refractivity contribution in [1.29, 1.82) is 0 Å². The first kappa shape index (κ1) is 16.8. The van der Waals surface area contributed by atoms with Crippen molar-refractivity contribution >= 4 is 23.4 Å². The Morgan fingerprint density at radius 2 is 1.81 bits per heavy atom. The van der Waals surface area contributed by atoms with E-state index in [0.717, 1.165) is 16.7 Å². The number of carbonyl (C=O) groups is 3. The Bertz CT molecular complexity index is 1010. The number of hydrogen-bond acceptors (Lipinski definition) is 4. The van der Waals surface area contributed by atoms with Crippen LogP contribution in [-0.4, -0.2) is 28.7 Å². The molecular formula is C19H15N5O3. The lowest BCUT2D eigenvalue weighted by Crippen LogP contribution is -2.52. The van der Waals surface area contributed by atoms with Gasteiger partial charge in [0.2, 0.25) is 11.8 Å². The highest BCUT2D eigenvalue weighted by Crippen LogP contribution is 2.31. The SMILES string of the molecule is [N-]=[N+]=Nc1ccc(-c2ccc3c(c2)CN(C2CCC(=O)NC2=O)C3=O)cc1. The lowest BCUT2D eigenvalue weighted by molar-refractivity contribution is -0.136. The van der Waals surface area contributed by atoms with Crippen LogP contribution in [-0.2, 0) is 16.1 Å². The fraction of sp³-hybridized carbons (Fsp3) is 0.211. The standard InChI is InChI=1S/C19H15N5O3/c20-23-22-14-4-1-11(2-5-14)12-3-6-15-13(9-12)10-24(19(15)27)16-7-8-17(25)21-18(16)26/h1-6,9,16H,7-8,10H2,(H,21,25,26).